The van der Waals surface area contributed by atoms with Gasteiger partial charge in [-0.3, -0.25) is 4.79 Å². The Bertz CT molecular complexity index is 588. The molecule has 0 amide bonds. The molecule has 5 nitrogen and oxygen atoms in total. The average Bonchev–Trinajstić information content (AvgIpc) is 2.25. The van der Waals surface area contributed by atoms with Crippen molar-refractivity contribution in [3.05, 3.63) is 33.8 Å². The predicted molar refractivity (Wildman–Crippen MR) is 74.1 cm³/mol. The minimum absolute atomic E-state index is 0.331. The molecule has 0 aliphatic rings. The first-order valence-electron chi connectivity index (χ1n) is 5.27. The van der Waals surface area contributed by atoms with Gasteiger partial charge < -0.3 is 5.11 Å². The fourth-order valence-electron chi connectivity index (χ4n) is 1.53. The van der Waals surface area contributed by atoms with Crippen molar-refractivity contribution in [2.45, 2.75) is 13.0 Å². The van der Waals surface area contributed by atoms with Gasteiger partial charge >= 0.3 is 5.97 Å². The van der Waals surface area contributed by atoms with Gasteiger partial charge in [0.15, 0.2) is 5.75 Å². The molecule has 1 unspecified atom stereocenters. The second-order valence-corrected chi connectivity index (χ2v) is 6.88. The van der Waals surface area contributed by atoms with Crippen molar-refractivity contribution in [3.8, 4) is 0 Å². The quantitative estimate of drug-likeness (QED) is 0.902. The third-order valence-electron chi connectivity index (χ3n) is 2.70. The average molecular weight is 326 g/mol. The standard InChI is InChI=1S/C11H13Cl2NO4S/c1-7(9-4-3-8(12)5-10(9)13)14(2)19(17,18)6-11(15)16/h3-5,7H,6H2,1-2H3,(H,15,16). The third kappa shape index (κ3) is 4.07. The van der Waals surface area contributed by atoms with Crippen molar-refractivity contribution in [3.63, 3.8) is 0 Å². The van der Waals surface area contributed by atoms with E-state index >= 15 is 0 Å². The van der Waals surface area contributed by atoms with Crippen molar-refractivity contribution >= 4 is 39.2 Å². The predicted octanol–water partition coefficient (Wildman–Crippen LogP) is 2.40. The summed E-state index contributed by atoms with van der Waals surface area (Å²) in [6, 6.07) is 4.13. The van der Waals surface area contributed by atoms with Crippen LogP contribution in [0.1, 0.15) is 18.5 Å². The molecule has 1 aromatic rings. The van der Waals surface area contributed by atoms with Crippen LogP contribution in [-0.4, -0.2) is 36.6 Å². The fourth-order valence-corrected chi connectivity index (χ4v) is 3.21. The lowest BCUT2D eigenvalue weighted by molar-refractivity contribution is -0.134. The third-order valence-corrected chi connectivity index (χ3v) is 5.07. The van der Waals surface area contributed by atoms with Gasteiger partial charge in [-0.1, -0.05) is 29.3 Å². The van der Waals surface area contributed by atoms with Gasteiger partial charge in [0.1, 0.15) is 0 Å². The Kier molecular flexibility index (Phi) is 5.20. The molecule has 0 aromatic heterocycles. The summed E-state index contributed by atoms with van der Waals surface area (Å²) in [6.07, 6.45) is 0. The van der Waals surface area contributed by atoms with Crippen LogP contribution in [0.15, 0.2) is 18.2 Å². The van der Waals surface area contributed by atoms with E-state index in [-0.39, 0.29) is 0 Å². The summed E-state index contributed by atoms with van der Waals surface area (Å²) in [6.45, 7) is 1.62. The summed E-state index contributed by atoms with van der Waals surface area (Å²) in [5.41, 5.74) is 0.558. The van der Waals surface area contributed by atoms with Crippen LogP contribution >= 0.6 is 23.2 Å². The molecule has 0 saturated carbocycles. The number of hydrogen-bond acceptors (Lipinski definition) is 3. The Balaban J connectivity index is 3.06. The molecule has 0 aliphatic heterocycles. The fraction of sp³-hybridized carbons (Fsp3) is 0.364. The number of hydrogen-bond donors (Lipinski definition) is 1. The van der Waals surface area contributed by atoms with Crippen molar-refractivity contribution in [1.29, 1.82) is 0 Å². The maximum absolute atomic E-state index is 11.8. The van der Waals surface area contributed by atoms with Crippen LogP contribution in [0.5, 0.6) is 0 Å². The van der Waals surface area contributed by atoms with Crippen LogP contribution in [-0.2, 0) is 14.8 Å². The largest absolute Gasteiger partial charge is 0.480 e. The monoisotopic (exact) mass is 325 g/mol. The first-order valence-corrected chi connectivity index (χ1v) is 7.64. The Morgan fingerprint density at radius 1 is 1.42 bits per heavy atom. The van der Waals surface area contributed by atoms with Gasteiger partial charge in [0.25, 0.3) is 0 Å². The van der Waals surface area contributed by atoms with E-state index in [1.807, 2.05) is 0 Å². The smallest absolute Gasteiger partial charge is 0.320 e. The summed E-state index contributed by atoms with van der Waals surface area (Å²) in [5.74, 6) is -2.36. The van der Waals surface area contributed by atoms with Crippen LogP contribution in [0.2, 0.25) is 10.0 Å². The number of sulfonamides is 1. The number of carboxylic acids is 1. The summed E-state index contributed by atoms with van der Waals surface area (Å²) >= 11 is 11.8. The number of rotatable bonds is 5. The van der Waals surface area contributed by atoms with Crippen LogP contribution in [0.4, 0.5) is 0 Å². The molecule has 0 fully saturated rings. The van der Waals surface area contributed by atoms with E-state index in [2.05, 4.69) is 0 Å². The van der Waals surface area contributed by atoms with Crippen molar-refractivity contribution < 1.29 is 18.3 Å². The minimum Gasteiger partial charge on any atom is -0.480 e. The molecule has 0 heterocycles. The first kappa shape index (κ1) is 16.2. The Morgan fingerprint density at radius 3 is 2.47 bits per heavy atom. The molecule has 106 valence electrons. The number of halogens is 2. The van der Waals surface area contributed by atoms with E-state index in [1.54, 1.807) is 19.1 Å². The highest BCUT2D eigenvalue weighted by molar-refractivity contribution is 7.89. The number of benzene rings is 1. The van der Waals surface area contributed by atoms with E-state index in [0.717, 1.165) is 4.31 Å². The zero-order valence-corrected chi connectivity index (χ0v) is 12.6. The first-order chi connectivity index (χ1) is 8.65. The zero-order chi connectivity index (χ0) is 14.8. The number of carboxylic acid groups (broad SMARTS) is 1. The van der Waals surface area contributed by atoms with Gasteiger partial charge in [0.05, 0.1) is 0 Å². The van der Waals surface area contributed by atoms with Crippen LogP contribution in [0.25, 0.3) is 0 Å². The second-order valence-electron chi connectivity index (χ2n) is 4.01. The molecule has 1 aromatic carbocycles. The van der Waals surface area contributed by atoms with E-state index in [9.17, 15) is 13.2 Å². The summed E-state index contributed by atoms with van der Waals surface area (Å²) in [7, 11) is -2.58. The van der Waals surface area contributed by atoms with E-state index in [1.165, 1.54) is 13.1 Å². The normalized spacial score (nSPS) is 13.5. The van der Waals surface area contributed by atoms with E-state index < -0.39 is 27.8 Å². The lowest BCUT2D eigenvalue weighted by atomic mass is 10.1. The molecule has 0 spiro atoms. The molecule has 0 aliphatic carbocycles. The SMILES string of the molecule is CC(c1ccc(Cl)cc1Cl)N(C)S(=O)(=O)CC(=O)O. The molecule has 1 N–H and O–H groups in total. The Morgan fingerprint density at radius 2 is 2.00 bits per heavy atom. The number of carbonyl (C=O) groups is 1. The Labute approximate surface area is 121 Å². The maximum atomic E-state index is 11.8. The zero-order valence-electron chi connectivity index (χ0n) is 10.3. The molecular formula is C11H13Cl2NO4S. The van der Waals surface area contributed by atoms with E-state index in [0.29, 0.717) is 15.6 Å². The molecule has 0 saturated heterocycles. The molecule has 8 heteroatoms. The van der Waals surface area contributed by atoms with Gasteiger partial charge in [-0.2, -0.15) is 4.31 Å². The van der Waals surface area contributed by atoms with Gasteiger partial charge in [-0.15, -0.1) is 0 Å². The Hall–Kier alpha value is -0.820. The summed E-state index contributed by atoms with van der Waals surface area (Å²) in [4.78, 5) is 10.5. The van der Waals surface area contributed by atoms with Gasteiger partial charge in [0.2, 0.25) is 10.0 Å². The molecular weight excluding hydrogens is 313 g/mol. The second kappa shape index (κ2) is 6.09. The number of nitrogens with zero attached hydrogens (tertiary/aromatic N) is 1. The number of aliphatic carboxylic acids is 1. The highest BCUT2D eigenvalue weighted by atomic mass is 35.5. The highest BCUT2D eigenvalue weighted by Crippen LogP contribution is 2.30. The molecule has 1 atom stereocenters. The molecule has 0 bridgehead atoms. The van der Waals surface area contributed by atoms with Crippen molar-refractivity contribution in [2.75, 3.05) is 12.8 Å². The molecule has 19 heavy (non-hydrogen) atoms. The minimum atomic E-state index is -3.89. The van der Waals surface area contributed by atoms with Gasteiger partial charge in [0, 0.05) is 23.1 Å². The summed E-state index contributed by atoms with van der Waals surface area (Å²) in [5, 5.41) is 9.36. The van der Waals surface area contributed by atoms with E-state index in [4.69, 9.17) is 28.3 Å². The van der Waals surface area contributed by atoms with Crippen LogP contribution in [0.3, 0.4) is 0 Å². The topological polar surface area (TPSA) is 74.7 Å². The van der Waals surface area contributed by atoms with Crippen LogP contribution in [0, 0.1) is 0 Å². The maximum Gasteiger partial charge on any atom is 0.320 e. The lowest BCUT2D eigenvalue weighted by Crippen LogP contribution is -2.34. The van der Waals surface area contributed by atoms with Gasteiger partial charge in [-0.05, 0) is 24.6 Å². The summed E-state index contributed by atoms with van der Waals surface area (Å²) < 4.78 is 24.6. The molecule has 1 rings (SSSR count). The van der Waals surface area contributed by atoms with Crippen molar-refractivity contribution in [2.24, 2.45) is 0 Å². The van der Waals surface area contributed by atoms with Gasteiger partial charge in [-0.25, -0.2) is 8.42 Å². The van der Waals surface area contributed by atoms with Crippen molar-refractivity contribution in [1.82, 2.24) is 4.31 Å². The van der Waals surface area contributed by atoms with Crippen LogP contribution < -0.4 is 0 Å². The lowest BCUT2D eigenvalue weighted by Gasteiger charge is -2.24. The highest BCUT2D eigenvalue weighted by Gasteiger charge is 2.27. The molecule has 0 radical (unpaired) electrons.